The molecular formula is C15H22FNO3. The summed E-state index contributed by atoms with van der Waals surface area (Å²) in [4.78, 5) is 11.0. The molecule has 0 radical (unpaired) electrons. The van der Waals surface area contributed by atoms with E-state index in [1.54, 1.807) is 6.07 Å². The Morgan fingerprint density at radius 3 is 2.80 bits per heavy atom. The predicted octanol–water partition coefficient (Wildman–Crippen LogP) is 2.51. The molecule has 112 valence electrons. The molecule has 1 N–H and O–H groups in total. The van der Waals surface area contributed by atoms with E-state index in [1.807, 2.05) is 0 Å². The molecular weight excluding hydrogens is 261 g/mol. The SMILES string of the molecule is COC(=O)CCOc1ccc(F)cc1CNCC(C)C. The van der Waals surface area contributed by atoms with Crippen LogP contribution in [-0.4, -0.2) is 26.2 Å². The first-order valence-corrected chi connectivity index (χ1v) is 6.71. The fourth-order valence-electron chi connectivity index (χ4n) is 1.67. The third-order valence-electron chi connectivity index (χ3n) is 2.68. The predicted molar refractivity (Wildman–Crippen MR) is 75.1 cm³/mol. The van der Waals surface area contributed by atoms with Crippen LogP contribution in [-0.2, 0) is 16.1 Å². The fourth-order valence-corrected chi connectivity index (χ4v) is 1.67. The van der Waals surface area contributed by atoms with Gasteiger partial charge in [-0.15, -0.1) is 0 Å². The Bertz CT molecular complexity index is 435. The van der Waals surface area contributed by atoms with Gasteiger partial charge in [-0.05, 0) is 30.7 Å². The van der Waals surface area contributed by atoms with E-state index in [9.17, 15) is 9.18 Å². The van der Waals surface area contributed by atoms with Crippen LogP contribution in [0.5, 0.6) is 5.75 Å². The van der Waals surface area contributed by atoms with Crippen LogP contribution in [0, 0.1) is 11.7 Å². The van der Waals surface area contributed by atoms with Gasteiger partial charge in [-0.25, -0.2) is 4.39 Å². The minimum Gasteiger partial charge on any atom is -0.493 e. The van der Waals surface area contributed by atoms with Gasteiger partial charge in [0.1, 0.15) is 11.6 Å². The second kappa shape index (κ2) is 8.53. The van der Waals surface area contributed by atoms with Crippen molar-refractivity contribution in [3.05, 3.63) is 29.6 Å². The molecule has 0 heterocycles. The van der Waals surface area contributed by atoms with Crippen LogP contribution in [0.25, 0.3) is 0 Å². The highest BCUT2D eigenvalue weighted by molar-refractivity contribution is 5.69. The highest BCUT2D eigenvalue weighted by atomic mass is 19.1. The maximum absolute atomic E-state index is 13.3. The molecule has 0 aliphatic carbocycles. The number of rotatable bonds is 8. The van der Waals surface area contributed by atoms with E-state index in [0.717, 1.165) is 12.1 Å². The molecule has 1 aromatic carbocycles. The van der Waals surface area contributed by atoms with Crippen LogP contribution in [0.4, 0.5) is 4.39 Å². The minimum atomic E-state index is -0.327. The van der Waals surface area contributed by atoms with E-state index in [0.29, 0.717) is 18.2 Å². The highest BCUT2D eigenvalue weighted by Crippen LogP contribution is 2.20. The lowest BCUT2D eigenvalue weighted by Crippen LogP contribution is -2.19. The van der Waals surface area contributed by atoms with Crippen LogP contribution < -0.4 is 10.1 Å². The molecule has 0 fully saturated rings. The van der Waals surface area contributed by atoms with Gasteiger partial charge in [-0.1, -0.05) is 13.8 Å². The zero-order valence-electron chi connectivity index (χ0n) is 12.2. The number of esters is 1. The lowest BCUT2D eigenvalue weighted by atomic mass is 10.1. The molecule has 0 amide bonds. The van der Waals surface area contributed by atoms with Gasteiger partial charge in [-0.2, -0.15) is 0 Å². The summed E-state index contributed by atoms with van der Waals surface area (Å²) in [5.74, 6) is 0.483. The maximum Gasteiger partial charge on any atom is 0.308 e. The zero-order chi connectivity index (χ0) is 15.0. The molecule has 0 bridgehead atoms. The van der Waals surface area contributed by atoms with Crippen molar-refractivity contribution in [1.29, 1.82) is 0 Å². The van der Waals surface area contributed by atoms with E-state index < -0.39 is 0 Å². The van der Waals surface area contributed by atoms with Gasteiger partial charge in [0.15, 0.2) is 0 Å². The Balaban J connectivity index is 2.57. The van der Waals surface area contributed by atoms with Gasteiger partial charge >= 0.3 is 5.97 Å². The minimum absolute atomic E-state index is 0.173. The van der Waals surface area contributed by atoms with E-state index in [4.69, 9.17) is 4.74 Å². The topological polar surface area (TPSA) is 47.6 Å². The largest absolute Gasteiger partial charge is 0.493 e. The van der Waals surface area contributed by atoms with Gasteiger partial charge in [0, 0.05) is 12.1 Å². The normalized spacial score (nSPS) is 10.7. The second-order valence-electron chi connectivity index (χ2n) is 4.95. The third kappa shape index (κ3) is 6.02. The molecule has 4 nitrogen and oxygen atoms in total. The van der Waals surface area contributed by atoms with E-state index >= 15 is 0 Å². The number of benzene rings is 1. The van der Waals surface area contributed by atoms with E-state index in [2.05, 4.69) is 23.9 Å². The Morgan fingerprint density at radius 2 is 2.15 bits per heavy atom. The summed E-state index contributed by atoms with van der Waals surface area (Å²) in [6, 6.07) is 4.37. The summed E-state index contributed by atoms with van der Waals surface area (Å²) >= 11 is 0. The standard InChI is InChI=1S/C15H22FNO3/c1-11(2)9-17-10-12-8-13(16)4-5-14(12)20-7-6-15(18)19-3/h4-5,8,11,17H,6-7,9-10H2,1-3H3. The lowest BCUT2D eigenvalue weighted by Gasteiger charge is -2.13. The summed E-state index contributed by atoms with van der Waals surface area (Å²) in [6.07, 6.45) is 0.173. The molecule has 20 heavy (non-hydrogen) atoms. The Labute approximate surface area is 119 Å². The molecule has 0 saturated heterocycles. The van der Waals surface area contributed by atoms with Crippen molar-refractivity contribution in [3.63, 3.8) is 0 Å². The molecule has 0 aliphatic heterocycles. The van der Waals surface area contributed by atoms with E-state index in [1.165, 1.54) is 19.2 Å². The molecule has 0 aromatic heterocycles. The van der Waals surface area contributed by atoms with Crippen LogP contribution in [0.3, 0.4) is 0 Å². The zero-order valence-corrected chi connectivity index (χ0v) is 12.2. The van der Waals surface area contributed by atoms with Gasteiger partial charge in [0.2, 0.25) is 0 Å². The summed E-state index contributed by atoms with van der Waals surface area (Å²) in [7, 11) is 1.33. The maximum atomic E-state index is 13.3. The number of carbonyl (C=O) groups is 1. The van der Waals surface area contributed by atoms with Crippen molar-refractivity contribution in [1.82, 2.24) is 5.32 Å². The number of nitrogens with one attached hydrogen (secondary N) is 1. The van der Waals surface area contributed by atoms with Crippen LogP contribution >= 0.6 is 0 Å². The number of ether oxygens (including phenoxy) is 2. The number of hydrogen-bond donors (Lipinski definition) is 1. The van der Waals surface area contributed by atoms with Crippen molar-refractivity contribution in [2.75, 3.05) is 20.3 Å². The molecule has 5 heteroatoms. The lowest BCUT2D eigenvalue weighted by molar-refractivity contribution is -0.141. The van der Waals surface area contributed by atoms with Crippen molar-refractivity contribution in [2.45, 2.75) is 26.8 Å². The average molecular weight is 283 g/mol. The van der Waals surface area contributed by atoms with Gasteiger partial charge in [-0.3, -0.25) is 4.79 Å². The first kappa shape index (κ1) is 16.4. The number of hydrogen-bond acceptors (Lipinski definition) is 4. The summed E-state index contributed by atoms with van der Waals surface area (Å²) in [5, 5.41) is 3.24. The van der Waals surface area contributed by atoms with Crippen LogP contribution in [0.15, 0.2) is 18.2 Å². The monoisotopic (exact) mass is 283 g/mol. The Hall–Kier alpha value is -1.62. The van der Waals surface area contributed by atoms with Gasteiger partial charge in [0.05, 0.1) is 20.1 Å². The summed E-state index contributed by atoms with van der Waals surface area (Å²) in [6.45, 7) is 5.80. The first-order valence-electron chi connectivity index (χ1n) is 6.71. The second-order valence-corrected chi connectivity index (χ2v) is 4.95. The molecule has 0 spiro atoms. The highest BCUT2D eigenvalue weighted by Gasteiger charge is 2.07. The molecule has 0 unspecified atom stereocenters. The van der Waals surface area contributed by atoms with E-state index in [-0.39, 0.29) is 24.8 Å². The number of methoxy groups -OCH3 is 1. The molecule has 1 aromatic rings. The average Bonchev–Trinajstić information content (AvgIpc) is 2.40. The molecule has 0 atom stereocenters. The van der Waals surface area contributed by atoms with Gasteiger partial charge < -0.3 is 14.8 Å². The van der Waals surface area contributed by atoms with Crippen LogP contribution in [0.2, 0.25) is 0 Å². The molecule has 0 saturated carbocycles. The van der Waals surface area contributed by atoms with Crippen molar-refractivity contribution in [3.8, 4) is 5.75 Å². The number of carbonyl (C=O) groups excluding carboxylic acids is 1. The fraction of sp³-hybridized carbons (Fsp3) is 0.533. The summed E-state index contributed by atoms with van der Waals surface area (Å²) in [5.41, 5.74) is 0.746. The van der Waals surface area contributed by atoms with Crippen molar-refractivity contribution >= 4 is 5.97 Å². The smallest absolute Gasteiger partial charge is 0.308 e. The van der Waals surface area contributed by atoms with Crippen molar-refractivity contribution in [2.24, 2.45) is 5.92 Å². The quantitative estimate of drug-likeness (QED) is 0.745. The van der Waals surface area contributed by atoms with Crippen LogP contribution in [0.1, 0.15) is 25.8 Å². The Morgan fingerprint density at radius 1 is 1.40 bits per heavy atom. The molecule has 0 aliphatic rings. The molecule has 1 rings (SSSR count). The summed E-state index contributed by atoms with van der Waals surface area (Å²) < 4.78 is 23.3. The Kier molecular flexibility index (Phi) is 7.01. The number of halogens is 1. The van der Waals surface area contributed by atoms with Crippen molar-refractivity contribution < 1.29 is 18.7 Å². The van der Waals surface area contributed by atoms with Gasteiger partial charge in [0.25, 0.3) is 0 Å². The third-order valence-corrected chi connectivity index (χ3v) is 2.68. The first-order chi connectivity index (χ1) is 9.52.